The van der Waals surface area contributed by atoms with Crippen molar-refractivity contribution >= 4 is 5.91 Å². The van der Waals surface area contributed by atoms with Gasteiger partial charge in [0, 0.05) is 30.9 Å². The Kier molecular flexibility index (Phi) is 6.22. The zero-order valence-electron chi connectivity index (χ0n) is 16.5. The summed E-state index contributed by atoms with van der Waals surface area (Å²) in [7, 11) is 3.13. The number of ether oxygens (including phenoxy) is 2. The molecule has 1 fully saturated rings. The SMILES string of the molecule is C=CC(O)N1CC[C@H](n2cc(C(N)=O)c(C#Cc3cc(OC)cc(OC)c3)n2)C1. The molecule has 2 heterocycles. The van der Waals surface area contributed by atoms with E-state index in [-0.39, 0.29) is 11.6 Å². The van der Waals surface area contributed by atoms with Crippen molar-refractivity contribution in [3.63, 3.8) is 0 Å². The molecule has 0 aliphatic carbocycles. The van der Waals surface area contributed by atoms with Crippen LogP contribution in [0.1, 0.15) is 34.1 Å². The Labute approximate surface area is 169 Å². The van der Waals surface area contributed by atoms with E-state index in [4.69, 9.17) is 15.2 Å². The summed E-state index contributed by atoms with van der Waals surface area (Å²) in [5, 5.41) is 14.4. The second-order valence-electron chi connectivity index (χ2n) is 6.67. The van der Waals surface area contributed by atoms with Gasteiger partial charge in [-0.05, 0) is 30.6 Å². The van der Waals surface area contributed by atoms with Gasteiger partial charge in [-0.1, -0.05) is 12.5 Å². The lowest BCUT2D eigenvalue weighted by atomic mass is 10.2. The molecule has 1 saturated heterocycles. The van der Waals surface area contributed by atoms with Crippen LogP contribution in [0.3, 0.4) is 0 Å². The van der Waals surface area contributed by atoms with Crippen LogP contribution in [-0.4, -0.2) is 59.2 Å². The van der Waals surface area contributed by atoms with Gasteiger partial charge in [-0.25, -0.2) is 0 Å². The van der Waals surface area contributed by atoms with Crippen LogP contribution in [0.4, 0.5) is 0 Å². The summed E-state index contributed by atoms with van der Waals surface area (Å²) in [6.07, 6.45) is 3.19. The number of nitrogens with two attached hydrogens (primary N) is 1. The number of hydrogen-bond acceptors (Lipinski definition) is 6. The van der Waals surface area contributed by atoms with E-state index in [1.54, 1.807) is 43.3 Å². The van der Waals surface area contributed by atoms with Crippen molar-refractivity contribution in [1.29, 1.82) is 0 Å². The lowest BCUT2D eigenvalue weighted by Crippen LogP contribution is -2.31. The molecule has 0 spiro atoms. The van der Waals surface area contributed by atoms with Crippen LogP contribution in [-0.2, 0) is 0 Å². The fraction of sp³-hybridized carbons (Fsp3) is 0.333. The van der Waals surface area contributed by atoms with Crippen molar-refractivity contribution in [1.82, 2.24) is 14.7 Å². The minimum Gasteiger partial charge on any atom is -0.497 e. The first-order valence-electron chi connectivity index (χ1n) is 9.14. The molecule has 8 heteroatoms. The highest BCUT2D eigenvalue weighted by Gasteiger charge is 2.28. The van der Waals surface area contributed by atoms with Crippen LogP contribution in [0, 0.1) is 11.8 Å². The summed E-state index contributed by atoms with van der Waals surface area (Å²) in [5.74, 6) is 6.55. The van der Waals surface area contributed by atoms with Crippen LogP contribution in [0.25, 0.3) is 0 Å². The standard InChI is InChI=1S/C21H24N4O4/c1-4-20(26)24-8-7-15(12-24)25-13-18(21(22)27)19(23-25)6-5-14-9-16(28-2)11-17(10-14)29-3/h4,9-11,13,15,20,26H,1,7-8,12H2,2-3H3,(H2,22,27)/t15-,20?/m0/s1. The van der Waals surface area contributed by atoms with Crippen molar-refractivity contribution < 1.29 is 19.4 Å². The molecule has 1 aliphatic heterocycles. The molecule has 2 aromatic rings. The molecule has 1 aliphatic rings. The van der Waals surface area contributed by atoms with Gasteiger partial charge in [0.25, 0.3) is 5.91 Å². The molecule has 0 bridgehead atoms. The summed E-state index contributed by atoms with van der Waals surface area (Å²) in [4.78, 5) is 13.8. The fourth-order valence-electron chi connectivity index (χ4n) is 3.24. The molecular weight excluding hydrogens is 372 g/mol. The zero-order chi connectivity index (χ0) is 21.0. The van der Waals surface area contributed by atoms with Gasteiger partial charge in [0.1, 0.15) is 23.4 Å². The summed E-state index contributed by atoms with van der Waals surface area (Å²) in [5.41, 5.74) is 6.75. The number of aliphatic hydroxyl groups excluding tert-OH is 1. The maximum absolute atomic E-state index is 11.9. The lowest BCUT2D eigenvalue weighted by molar-refractivity contribution is 0.0584. The van der Waals surface area contributed by atoms with E-state index in [9.17, 15) is 9.90 Å². The molecule has 8 nitrogen and oxygen atoms in total. The molecule has 1 aromatic heterocycles. The summed E-state index contributed by atoms with van der Waals surface area (Å²) < 4.78 is 12.2. The van der Waals surface area contributed by atoms with Gasteiger partial charge in [0.05, 0.1) is 25.8 Å². The number of nitrogens with zero attached hydrogens (tertiary/aromatic N) is 3. The second-order valence-corrected chi connectivity index (χ2v) is 6.67. The van der Waals surface area contributed by atoms with Gasteiger partial charge in [0.2, 0.25) is 0 Å². The number of aromatic nitrogens is 2. The van der Waals surface area contributed by atoms with Crippen molar-refractivity contribution in [2.75, 3.05) is 27.3 Å². The Morgan fingerprint density at radius 2 is 2.03 bits per heavy atom. The molecule has 3 N–H and O–H groups in total. The van der Waals surface area contributed by atoms with Crippen LogP contribution >= 0.6 is 0 Å². The number of likely N-dealkylation sites (tertiary alicyclic amines) is 1. The van der Waals surface area contributed by atoms with Gasteiger partial charge < -0.3 is 20.3 Å². The number of aliphatic hydroxyl groups is 1. The Morgan fingerprint density at radius 3 is 2.62 bits per heavy atom. The topological polar surface area (TPSA) is 103 Å². The average Bonchev–Trinajstić information content (AvgIpc) is 3.38. The van der Waals surface area contributed by atoms with E-state index in [0.717, 1.165) is 6.42 Å². The monoisotopic (exact) mass is 396 g/mol. The molecule has 152 valence electrons. The van der Waals surface area contributed by atoms with Gasteiger partial charge in [-0.15, -0.1) is 0 Å². The van der Waals surface area contributed by atoms with Gasteiger partial charge in [-0.2, -0.15) is 5.10 Å². The molecule has 0 saturated carbocycles. The number of amides is 1. The minimum atomic E-state index is -0.700. The largest absolute Gasteiger partial charge is 0.497 e. The molecule has 1 unspecified atom stereocenters. The van der Waals surface area contributed by atoms with Crippen LogP contribution < -0.4 is 15.2 Å². The molecule has 2 atom stereocenters. The highest BCUT2D eigenvalue weighted by molar-refractivity contribution is 5.94. The fourth-order valence-corrected chi connectivity index (χ4v) is 3.24. The highest BCUT2D eigenvalue weighted by atomic mass is 16.5. The Bertz CT molecular complexity index is 951. The number of rotatable bonds is 6. The van der Waals surface area contributed by atoms with Gasteiger partial charge >= 0.3 is 0 Å². The zero-order valence-corrected chi connectivity index (χ0v) is 16.5. The minimum absolute atomic E-state index is 0.00941. The number of carbonyl (C=O) groups excluding carboxylic acids is 1. The van der Waals surface area contributed by atoms with Crippen molar-refractivity contribution in [3.8, 4) is 23.3 Å². The van der Waals surface area contributed by atoms with E-state index >= 15 is 0 Å². The summed E-state index contributed by atoms with van der Waals surface area (Å²) >= 11 is 0. The predicted octanol–water partition coefficient (Wildman–Crippen LogP) is 1.15. The van der Waals surface area contributed by atoms with Crippen molar-refractivity contribution in [2.24, 2.45) is 5.73 Å². The molecule has 3 rings (SSSR count). The van der Waals surface area contributed by atoms with E-state index in [2.05, 4.69) is 23.5 Å². The Morgan fingerprint density at radius 1 is 1.34 bits per heavy atom. The third-order valence-electron chi connectivity index (χ3n) is 4.83. The predicted molar refractivity (Wildman–Crippen MR) is 108 cm³/mol. The Hall–Kier alpha value is -3.28. The normalized spacial score (nSPS) is 17.3. The maximum atomic E-state index is 11.9. The van der Waals surface area contributed by atoms with Crippen LogP contribution in [0.5, 0.6) is 11.5 Å². The van der Waals surface area contributed by atoms with Gasteiger partial charge in [0.15, 0.2) is 0 Å². The molecule has 0 radical (unpaired) electrons. The maximum Gasteiger partial charge on any atom is 0.253 e. The number of carbonyl (C=O) groups is 1. The molecule has 1 amide bonds. The second kappa shape index (κ2) is 8.82. The molecule has 29 heavy (non-hydrogen) atoms. The number of hydrogen-bond donors (Lipinski definition) is 2. The number of benzene rings is 1. The lowest BCUT2D eigenvalue weighted by Gasteiger charge is -2.19. The average molecular weight is 396 g/mol. The van der Waals surface area contributed by atoms with Crippen molar-refractivity contribution in [2.45, 2.75) is 18.7 Å². The van der Waals surface area contributed by atoms with E-state index in [0.29, 0.717) is 35.8 Å². The van der Waals surface area contributed by atoms with Crippen LogP contribution in [0.15, 0.2) is 37.1 Å². The summed E-state index contributed by atoms with van der Waals surface area (Å²) in [6, 6.07) is 5.29. The van der Waals surface area contributed by atoms with Crippen molar-refractivity contribution in [3.05, 3.63) is 53.9 Å². The third-order valence-corrected chi connectivity index (χ3v) is 4.83. The first-order chi connectivity index (χ1) is 13.9. The van der Waals surface area contributed by atoms with Crippen LogP contribution in [0.2, 0.25) is 0 Å². The van der Waals surface area contributed by atoms with E-state index in [1.165, 1.54) is 6.08 Å². The Balaban J connectivity index is 1.89. The number of primary amides is 1. The molecular formula is C21H24N4O4. The van der Waals surface area contributed by atoms with Gasteiger partial charge in [-0.3, -0.25) is 14.4 Å². The summed E-state index contributed by atoms with van der Waals surface area (Å²) in [6.45, 7) is 4.90. The molecule has 1 aromatic carbocycles. The smallest absolute Gasteiger partial charge is 0.253 e. The highest BCUT2D eigenvalue weighted by Crippen LogP contribution is 2.24. The first-order valence-corrected chi connectivity index (χ1v) is 9.14. The quantitative estimate of drug-likeness (QED) is 0.561. The number of methoxy groups -OCH3 is 2. The van der Waals surface area contributed by atoms with E-state index < -0.39 is 12.1 Å². The van der Waals surface area contributed by atoms with E-state index in [1.807, 2.05) is 4.90 Å². The first kappa shape index (κ1) is 20.5. The third kappa shape index (κ3) is 4.59.